The third kappa shape index (κ3) is 6.70. The van der Waals surface area contributed by atoms with Crippen LogP contribution >= 0.6 is 11.3 Å². The van der Waals surface area contributed by atoms with Gasteiger partial charge in [0.1, 0.15) is 11.6 Å². The summed E-state index contributed by atoms with van der Waals surface area (Å²) in [5.74, 6) is 0.215. The maximum absolute atomic E-state index is 15.0. The molecule has 41 heavy (non-hydrogen) atoms. The van der Waals surface area contributed by atoms with Crippen LogP contribution < -0.4 is 11.1 Å². The van der Waals surface area contributed by atoms with Crippen LogP contribution in [0.2, 0.25) is 0 Å². The van der Waals surface area contributed by atoms with Gasteiger partial charge in [-0.2, -0.15) is 11.3 Å². The molecule has 0 atom stereocenters. The van der Waals surface area contributed by atoms with E-state index < -0.39 is 5.82 Å². The lowest BCUT2D eigenvalue weighted by Gasteiger charge is -2.12. The molecule has 5 aromatic rings. The van der Waals surface area contributed by atoms with E-state index in [9.17, 15) is 0 Å². The summed E-state index contributed by atoms with van der Waals surface area (Å²) in [5.41, 5.74) is 14.6. The molecule has 0 bridgehead atoms. The van der Waals surface area contributed by atoms with Gasteiger partial charge in [-0.3, -0.25) is 4.98 Å². The number of nitrogens with zero attached hydrogens (tertiary/aromatic N) is 2. The number of aryl methyl sites for hydroxylation is 1. The van der Waals surface area contributed by atoms with Crippen LogP contribution in [0.3, 0.4) is 0 Å². The summed E-state index contributed by atoms with van der Waals surface area (Å²) in [4.78, 5) is 12.6. The number of imidazole rings is 1. The van der Waals surface area contributed by atoms with Crippen molar-refractivity contribution < 1.29 is 4.39 Å². The third-order valence-corrected chi connectivity index (χ3v) is 7.05. The molecule has 0 saturated heterocycles. The lowest BCUT2D eigenvalue weighted by molar-refractivity contribution is 0.631. The zero-order valence-corrected chi connectivity index (χ0v) is 23.5. The second kappa shape index (κ2) is 13.2. The van der Waals surface area contributed by atoms with Gasteiger partial charge in [0.05, 0.1) is 23.3 Å². The minimum atomic E-state index is -0.483. The molecule has 3 heterocycles. The highest BCUT2D eigenvalue weighted by atomic mass is 32.1. The van der Waals surface area contributed by atoms with Gasteiger partial charge in [0, 0.05) is 35.1 Å². The zero-order valence-electron chi connectivity index (χ0n) is 22.7. The molecule has 0 radical (unpaired) electrons. The summed E-state index contributed by atoms with van der Waals surface area (Å²) in [6.07, 6.45) is 15.5. The van der Waals surface area contributed by atoms with E-state index >= 15 is 4.39 Å². The van der Waals surface area contributed by atoms with Gasteiger partial charge in [0.2, 0.25) is 0 Å². The van der Waals surface area contributed by atoms with E-state index in [-0.39, 0.29) is 5.69 Å². The predicted molar refractivity (Wildman–Crippen MR) is 171 cm³/mol. The van der Waals surface area contributed by atoms with Gasteiger partial charge in [-0.1, -0.05) is 55.6 Å². The number of aromatic amines is 1. The molecule has 204 valence electrons. The van der Waals surface area contributed by atoms with E-state index in [2.05, 4.69) is 52.7 Å². The molecular formula is C34H30FN5S. The molecule has 0 unspecified atom stereocenters. The Morgan fingerprint density at radius 1 is 1.10 bits per heavy atom. The van der Waals surface area contributed by atoms with Crippen molar-refractivity contribution in [2.75, 3.05) is 11.1 Å². The van der Waals surface area contributed by atoms with Gasteiger partial charge in [-0.05, 0) is 64.2 Å². The van der Waals surface area contributed by atoms with Crippen molar-refractivity contribution >= 4 is 34.0 Å². The fraction of sp³-hybridized carbons (Fsp3) is 0.0588. The minimum absolute atomic E-state index is 0.105. The fourth-order valence-electron chi connectivity index (χ4n) is 4.44. The Morgan fingerprint density at radius 2 is 1.88 bits per heavy atom. The molecule has 0 spiro atoms. The van der Waals surface area contributed by atoms with Crippen LogP contribution in [0.1, 0.15) is 33.9 Å². The van der Waals surface area contributed by atoms with Crippen LogP contribution in [0.25, 0.3) is 22.4 Å². The maximum Gasteiger partial charge on any atom is 0.146 e. The van der Waals surface area contributed by atoms with Crippen LogP contribution in [0.15, 0.2) is 103 Å². The maximum atomic E-state index is 15.0. The molecule has 0 aliphatic heterocycles. The number of hydrogen-bond acceptors (Lipinski definition) is 5. The van der Waals surface area contributed by atoms with Crippen molar-refractivity contribution in [1.82, 2.24) is 15.0 Å². The first kappa shape index (κ1) is 28.8. The number of nitrogens with two attached hydrogens (primary N) is 1. The number of hydrogen-bond donors (Lipinski definition) is 3. The summed E-state index contributed by atoms with van der Waals surface area (Å²) in [5, 5.41) is 7.39. The predicted octanol–water partition coefficient (Wildman–Crippen LogP) is 8.10. The summed E-state index contributed by atoms with van der Waals surface area (Å²) in [6.45, 7) is 9.95. The average molecular weight is 560 g/mol. The van der Waals surface area contributed by atoms with Gasteiger partial charge in [-0.15, -0.1) is 12.8 Å². The molecule has 2 aromatic carbocycles. The standard InChI is InChI=1S/C32H28FN5S.C2H2/c1-4-8-28(23-11-12-39-19-23)32-21(3)37-30(38-32)16-25-13-24(15-29(33)31(25)34)26-14-27(18-35-17-26)36-20(2)22-9-6-5-7-10-22;1-2/h4-15,17-19,36H,1-2,16,34H2,3H3,(H,37,38);1-2H/b28-8-;. The molecule has 0 saturated carbocycles. The molecule has 5 rings (SSSR count). The zero-order chi connectivity index (χ0) is 29.4. The van der Waals surface area contributed by atoms with Crippen LogP contribution in [-0.4, -0.2) is 15.0 Å². The average Bonchev–Trinajstić information content (AvgIpc) is 3.66. The van der Waals surface area contributed by atoms with E-state index in [0.29, 0.717) is 23.4 Å². The molecule has 3 aromatic heterocycles. The quantitative estimate of drug-likeness (QED) is 0.0968. The summed E-state index contributed by atoms with van der Waals surface area (Å²) in [7, 11) is 0. The number of pyridine rings is 1. The Kier molecular flexibility index (Phi) is 9.31. The Balaban J connectivity index is 0.00000189. The summed E-state index contributed by atoms with van der Waals surface area (Å²) < 4.78 is 15.0. The molecule has 0 aliphatic carbocycles. The van der Waals surface area contributed by atoms with Crippen molar-refractivity contribution in [3.63, 3.8) is 0 Å². The Labute approximate surface area is 244 Å². The van der Waals surface area contributed by atoms with E-state index in [4.69, 9.17) is 10.7 Å². The smallest absolute Gasteiger partial charge is 0.146 e. The number of nitrogen functional groups attached to an aromatic ring is 1. The Morgan fingerprint density at radius 3 is 2.59 bits per heavy atom. The number of halogens is 1. The van der Waals surface area contributed by atoms with Gasteiger partial charge >= 0.3 is 0 Å². The lowest BCUT2D eigenvalue weighted by atomic mass is 10.0. The van der Waals surface area contributed by atoms with E-state index in [1.807, 2.05) is 60.8 Å². The lowest BCUT2D eigenvalue weighted by Crippen LogP contribution is -2.02. The Bertz CT molecular complexity index is 1710. The van der Waals surface area contributed by atoms with Gasteiger partial charge in [0.25, 0.3) is 0 Å². The van der Waals surface area contributed by atoms with Gasteiger partial charge in [-0.25, -0.2) is 9.37 Å². The number of anilines is 2. The van der Waals surface area contributed by atoms with E-state index in [0.717, 1.165) is 45.0 Å². The number of aromatic nitrogens is 3. The summed E-state index contributed by atoms with van der Waals surface area (Å²) in [6, 6.07) is 17.1. The van der Waals surface area contributed by atoms with Crippen molar-refractivity contribution in [2.24, 2.45) is 0 Å². The van der Waals surface area contributed by atoms with Crippen molar-refractivity contribution in [3.05, 3.63) is 143 Å². The molecule has 5 nitrogen and oxygen atoms in total. The SMILES string of the molecule is C#C.C=C/C=C(/c1ccsc1)c1nc(Cc2cc(-c3cncc(NC(=C)c4ccccc4)c3)cc(F)c2N)[nH]c1C. The minimum Gasteiger partial charge on any atom is -0.396 e. The highest BCUT2D eigenvalue weighted by Gasteiger charge is 2.17. The van der Waals surface area contributed by atoms with Crippen molar-refractivity contribution in [2.45, 2.75) is 13.3 Å². The van der Waals surface area contributed by atoms with Crippen LogP contribution in [0, 0.1) is 25.6 Å². The van der Waals surface area contributed by atoms with Crippen LogP contribution in [0.4, 0.5) is 15.8 Å². The van der Waals surface area contributed by atoms with E-state index in [1.54, 1.807) is 29.8 Å². The summed E-state index contributed by atoms with van der Waals surface area (Å²) >= 11 is 1.62. The highest BCUT2D eigenvalue weighted by molar-refractivity contribution is 7.08. The van der Waals surface area contributed by atoms with Crippen LogP contribution in [-0.2, 0) is 6.42 Å². The molecule has 0 amide bonds. The molecule has 0 fully saturated rings. The van der Waals surface area contributed by atoms with Crippen molar-refractivity contribution in [1.29, 1.82) is 0 Å². The number of benzene rings is 2. The molecule has 7 heteroatoms. The third-order valence-electron chi connectivity index (χ3n) is 6.37. The number of rotatable bonds is 9. The second-order valence-corrected chi connectivity index (χ2v) is 9.90. The normalized spacial score (nSPS) is 10.9. The highest BCUT2D eigenvalue weighted by Crippen LogP contribution is 2.31. The first-order valence-corrected chi connectivity index (χ1v) is 13.7. The molecular weight excluding hydrogens is 529 g/mol. The number of thiophene rings is 1. The topological polar surface area (TPSA) is 79.6 Å². The number of allylic oxidation sites excluding steroid dienone is 2. The first-order valence-electron chi connectivity index (χ1n) is 12.7. The Hall–Kier alpha value is -5.19. The second-order valence-electron chi connectivity index (χ2n) is 9.12. The van der Waals surface area contributed by atoms with Gasteiger partial charge < -0.3 is 16.0 Å². The first-order chi connectivity index (χ1) is 19.9. The number of H-pyrrole nitrogens is 1. The molecule has 0 aliphatic rings. The number of nitrogens with one attached hydrogen (secondary N) is 2. The van der Waals surface area contributed by atoms with E-state index in [1.165, 1.54) is 6.07 Å². The number of terminal acetylenes is 1. The monoisotopic (exact) mass is 559 g/mol. The van der Waals surface area contributed by atoms with Gasteiger partial charge in [0.15, 0.2) is 0 Å². The van der Waals surface area contributed by atoms with Crippen molar-refractivity contribution in [3.8, 4) is 24.0 Å². The molecule has 4 N–H and O–H groups in total. The largest absolute Gasteiger partial charge is 0.396 e. The van der Waals surface area contributed by atoms with Crippen LogP contribution in [0.5, 0.6) is 0 Å². The fourth-order valence-corrected chi connectivity index (χ4v) is 5.09.